The number of piperazine rings is 1. The molecule has 2 unspecified atom stereocenters. The summed E-state index contributed by atoms with van der Waals surface area (Å²) < 4.78 is 7.19. The normalized spacial score (nSPS) is 22.6. The molecule has 10 nitrogen and oxygen atoms in total. The number of fused-ring (bicyclic) bond motifs is 1. The van der Waals surface area contributed by atoms with Gasteiger partial charge in [-0.2, -0.15) is 5.10 Å². The van der Waals surface area contributed by atoms with Crippen molar-refractivity contribution >= 4 is 28.7 Å². The molecule has 41 heavy (non-hydrogen) atoms. The van der Waals surface area contributed by atoms with E-state index in [0.717, 1.165) is 79.8 Å². The fourth-order valence-electron chi connectivity index (χ4n) is 6.06. The van der Waals surface area contributed by atoms with Crippen molar-refractivity contribution in [2.24, 2.45) is 11.7 Å². The number of hydrogen-bond acceptors (Lipinski definition) is 9. The standard InChI is InChI=1S/C30H36N8O2S/c1-20-4-5-22(31)17-37(16-20)30(39)21-13-26(33-28(14-21)36-10-8-35(9-11-36)23-18-40-19-23)24-15-32-38-7-6-25(34-29(24)38)27-3-2-12-41-27/h2-3,6-7,12-15,20,22-23H,4-5,8-11,16-19,31H2,1H3. The molecule has 0 aromatic carbocycles. The molecular weight excluding hydrogens is 536 g/mol. The first-order valence-corrected chi connectivity index (χ1v) is 15.4. The lowest BCUT2D eigenvalue weighted by atomic mass is 10.0. The molecule has 2 N–H and O–H groups in total. The number of carbonyl (C=O) groups is 1. The highest BCUT2D eigenvalue weighted by Crippen LogP contribution is 2.30. The molecule has 0 saturated carbocycles. The predicted molar refractivity (Wildman–Crippen MR) is 160 cm³/mol. The summed E-state index contributed by atoms with van der Waals surface area (Å²) in [6.45, 7) is 8.71. The van der Waals surface area contributed by atoms with Crippen LogP contribution in [0.15, 0.2) is 48.1 Å². The van der Waals surface area contributed by atoms with Crippen LogP contribution in [-0.2, 0) is 4.74 Å². The van der Waals surface area contributed by atoms with Crippen LogP contribution in [0, 0.1) is 5.92 Å². The minimum Gasteiger partial charge on any atom is -0.378 e. The highest BCUT2D eigenvalue weighted by Gasteiger charge is 2.31. The second kappa shape index (κ2) is 11.1. The second-order valence-corrected chi connectivity index (χ2v) is 12.5. The van der Waals surface area contributed by atoms with Crippen LogP contribution < -0.4 is 10.6 Å². The van der Waals surface area contributed by atoms with Crippen molar-refractivity contribution in [1.82, 2.24) is 29.4 Å². The molecule has 0 aliphatic carbocycles. The maximum Gasteiger partial charge on any atom is 0.254 e. The Morgan fingerprint density at radius 2 is 1.90 bits per heavy atom. The maximum atomic E-state index is 14.0. The van der Waals surface area contributed by atoms with Gasteiger partial charge in [0.1, 0.15) is 5.82 Å². The summed E-state index contributed by atoms with van der Waals surface area (Å²) in [5, 5.41) is 6.63. The van der Waals surface area contributed by atoms with E-state index in [2.05, 4.69) is 33.3 Å². The van der Waals surface area contributed by atoms with Gasteiger partial charge in [-0.25, -0.2) is 14.5 Å². The fraction of sp³-hybridized carbons (Fsp3) is 0.467. The van der Waals surface area contributed by atoms with Crippen LogP contribution in [0.4, 0.5) is 5.82 Å². The second-order valence-electron chi connectivity index (χ2n) is 11.6. The topological polar surface area (TPSA) is 105 Å². The maximum absolute atomic E-state index is 14.0. The summed E-state index contributed by atoms with van der Waals surface area (Å²) in [6.07, 6.45) is 5.71. The zero-order valence-corrected chi connectivity index (χ0v) is 24.2. The van der Waals surface area contributed by atoms with Crippen LogP contribution in [0.1, 0.15) is 30.1 Å². The minimum atomic E-state index is -0.00673. The number of amides is 1. The number of nitrogens with zero attached hydrogens (tertiary/aromatic N) is 7. The first-order valence-electron chi connectivity index (χ1n) is 14.5. The van der Waals surface area contributed by atoms with E-state index < -0.39 is 0 Å². The van der Waals surface area contributed by atoms with E-state index in [-0.39, 0.29) is 11.9 Å². The first kappa shape index (κ1) is 26.5. The van der Waals surface area contributed by atoms with Gasteiger partial charge in [0.25, 0.3) is 5.91 Å². The smallest absolute Gasteiger partial charge is 0.254 e. The third-order valence-corrected chi connectivity index (χ3v) is 9.45. The molecule has 3 aliphatic rings. The summed E-state index contributed by atoms with van der Waals surface area (Å²) in [4.78, 5) is 31.9. The predicted octanol–water partition coefficient (Wildman–Crippen LogP) is 3.24. The van der Waals surface area contributed by atoms with E-state index in [0.29, 0.717) is 36.3 Å². The van der Waals surface area contributed by atoms with Gasteiger partial charge in [-0.1, -0.05) is 13.0 Å². The Labute approximate surface area is 243 Å². The molecule has 3 fully saturated rings. The van der Waals surface area contributed by atoms with Gasteiger partial charge in [-0.15, -0.1) is 11.3 Å². The Balaban J connectivity index is 1.26. The fourth-order valence-corrected chi connectivity index (χ4v) is 6.76. The lowest BCUT2D eigenvalue weighted by Gasteiger charge is -2.43. The van der Waals surface area contributed by atoms with Gasteiger partial charge in [-0.3, -0.25) is 9.69 Å². The number of carbonyl (C=O) groups excluding carboxylic acids is 1. The number of hydrogen-bond donors (Lipinski definition) is 1. The minimum absolute atomic E-state index is 0.00673. The summed E-state index contributed by atoms with van der Waals surface area (Å²) in [5.74, 6) is 1.24. The van der Waals surface area contributed by atoms with Gasteiger partial charge in [0.2, 0.25) is 0 Å². The third kappa shape index (κ3) is 5.34. The number of nitrogens with two attached hydrogens (primary N) is 1. The highest BCUT2D eigenvalue weighted by atomic mass is 32.1. The Kier molecular flexibility index (Phi) is 7.20. The molecule has 7 rings (SSSR count). The molecule has 2 atom stereocenters. The van der Waals surface area contributed by atoms with Gasteiger partial charge < -0.3 is 20.3 Å². The first-order chi connectivity index (χ1) is 20.0. The number of aromatic nitrogens is 4. The Morgan fingerprint density at radius 3 is 2.66 bits per heavy atom. The number of thiophene rings is 1. The van der Waals surface area contributed by atoms with E-state index in [4.69, 9.17) is 20.4 Å². The van der Waals surface area contributed by atoms with Crippen molar-refractivity contribution in [3.05, 3.63) is 53.7 Å². The lowest BCUT2D eigenvalue weighted by molar-refractivity contribution is -0.0660. The van der Waals surface area contributed by atoms with Crippen molar-refractivity contribution < 1.29 is 9.53 Å². The molecule has 4 aromatic heterocycles. The molecule has 11 heteroatoms. The lowest BCUT2D eigenvalue weighted by Crippen LogP contribution is -2.56. The number of rotatable bonds is 5. The van der Waals surface area contributed by atoms with Gasteiger partial charge >= 0.3 is 0 Å². The molecule has 1 amide bonds. The summed E-state index contributed by atoms with van der Waals surface area (Å²) in [5.41, 5.74) is 10.1. The van der Waals surface area contributed by atoms with E-state index >= 15 is 0 Å². The number of ether oxygens (including phenoxy) is 1. The van der Waals surface area contributed by atoms with E-state index in [1.54, 1.807) is 22.0 Å². The van der Waals surface area contributed by atoms with Gasteiger partial charge in [0.15, 0.2) is 5.65 Å². The molecular formula is C30H36N8O2S. The monoisotopic (exact) mass is 572 g/mol. The quantitative estimate of drug-likeness (QED) is 0.389. The molecule has 3 aliphatic heterocycles. The third-order valence-electron chi connectivity index (χ3n) is 8.56. The van der Waals surface area contributed by atoms with E-state index in [9.17, 15) is 4.79 Å². The summed E-state index contributed by atoms with van der Waals surface area (Å²) >= 11 is 1.66. The van der Waals surface area contributed by atoms with E-state index in [1.807, 2.05) is 35.4 Å². The highest BCUT2D eigenvalue weighted by molar-refractivity contribution is 7.13. The van der Waals surface area contributed by atoms with Crippen LogP contribution in [0.3, 0.4) is 0 Å². The largest absolute Gasteiger partial charge is 0.378 e. The van der Waals surface area contributed by atoms with Crippen LogP contribution in [-0.4, -0.2) is 99.9 Å². The van der Waals surface area contributed by atoms with Crippen LogP contribution >= 0.6 is 11.3 Å². The summed E-state index contributed by atoms with van der Waals surface area (Å²) in [6, 6.07) is 10.5. The Morgan fingerprint density at radius 1 is 1.05 bits per heavy atom. The average molecular weight is 573 g/mol. The van der Waals surface area contributed by atoms with Crippen LogP contribution in [0.5, 0.6) is 0 Å². The summed E-state index contributed by atoms with van der Waals surface area (Å²) in [7, 11) is 0. The zero-order chi connectivity index (χ0) is 27.9. The van der Waals surface area contributed by atoms with Gasteiger partial charge in [0, 0.05) is 57.1 Å². The van der Waals surface area contributed by atoms with Crippen LogP contribution in [0.25, 0.3) is 27.5 Å². The SMILES string of the molecule is CC1CCC(N)CN(C(=O)c2cc(-c3cnn4ccc(-c5cccs5)nc34)nc(N3CCN(C4COC4)CC3)c2)C1. The molecule has 4 aromatic rings. The molecule has 0 radical (unpaired) electrons. The molecule has 214 valence electrons. The van der Waals surface area contributed by atoms with Crippen molar-refractivity contribution in [2.45, 2.75) is 31.8 Å². The zero-order valence-electron chi connectivity index (χ0n) is 23.4. The van der Waals surface area contributed by atoms with Crippen molar-refractivity contribution in [3.63, 3.8) is 0 Å². The Bertz CT molecular complexity index is 1510. The average Bonchev–Trinajstić information content (AvgIpc) is 3.61. The number of likely N-dealkylation sites (tertiary alicyclic amines) is 1. The molecule has 0 spiro atoms. The number of pyridine rings is 1. The van der Waals surface area contributed by atoms with E-state index in [1.165, 1.54) is 0 Å². The van der Waals surface area contributed by atoms with Crippen LogP contribution in [0.2, 0.25) is 0 Å². The molecule has 0 bridgehead atoms. The van der Waals surface area contributed by atoms with Crippen molar-refractivity contribution in [3.8, 4) is 21.8 Å². The van der Waals surface area contributed by atoms with Gasteiger partial charge in [0.05, 0.1) is 47.3 Å². The van der Waals surface area contributed by atoms with Crippen molar-refractivity contribution in [1.29, 1.82) is 0 Å². The van der Waals surface area contributed by atoms with Crippen molar-refractivity contribution in [2.75, 3.05) is 57.4 Å². The Hall–Kier alpha value is -3.38. The van der Waals surface area contributed by atoms with Gasteiger partial charge in [-0.05, 0) is 48.4 Å². The molecule has 3 saturated heterocycles. The molecule has 7 heterocycles. The number of anilines is 1.